The van der Waals surface area contributed by atoms with Crippen molar-refractivity contribution in [3.05, 3.63) is 35.4 Å². The third-order valence-corrected chi connectivity index (χ3v) is 13.4. The van der Waals surface area contributed by atoms with E-state index in [4.69, 9.17) is 28.1 Å². The van der Waals surface area contributed by atoms with Gasteiger partial charge in [-0.2, -0.15) is 0 Å². The molecular formula is C35H58O10Si. The van der Waals surface area contributed by atoms with E-state index in [-0.39, 0.29) is 17.6 Å². The van der Waals surface area contributed by atoms with Crippen LogP contribution in [-0.2, 0) is 28.2 Å². The molecule has 1 aromatic rings. The zero-order valence-corrected chi connectivity index (χ0v) is 31.2. The van der Waals surface area contributed by atoms with Crippen LogP contribution < -0.4 is 4.74 Å². The van der Waals surface area contributed by atoms with E-state index in [9.17, 15) is 19.8 Å². The van der Waals surface area contributed by atoms with E-state index in [0.29, 0.717) is 29.7 Å². The predicted molar refractivity (Wildman–Crippen MR) is 180 cm³/mol. The quantitative estimate of drug-likeness (QED) is 0.136. The van der Waals surface area contributed by atoms with Gasteiger partial charge in [0, 0.05) is 11.0 Å². The lowest BCUT2D eigenvalue weighted by Crippen LogP contribution is -2.56. The van der Waals surface area contributed by atoms with Gasteiger partial charge >= 0.3 is 11.9 Å². The fraction of sp³-hybridized carbons (Fsp3) is 0.714. The maximum absolute atomic E-state index is 12.6. The SMILES string of the molecule is COC(=O)c1ccc(OC)c(/C=C/[C@](C)(CCCOC(=O)C(C)(C)C)[C@H](O[Si](C)(C)C(C)(C)C)[C@@H]2OC(C)(C)O[C@H]2[C@H](O)CO)c1. The molecule has 0 bridgehead atoms. The molecule has 1 aliphatic rings. The first kappa shape index (κ1) is 39.9. The second-order valence-electron chi connectivity index (χ2n) is 15.4. The first-order chi connectivity index (χ1) is 21.0. The van der Waals surface area contributed by atoms with Gasteiger partial charge < -0.3 is 38.3 Å². The number of rotatable bonds is 14. The van der Waals surface area contributed by atoms with E-state index >= 15 is 0 Å². The summed E-state index contributed by atoms with van der Waals surface area (Å²) in [6, 6.07) is 5.05. The lowest BCUT2D eigenvalue weighted by molar-refractivity contribution is -0.165. The van der Waals surface area contributed by atoms with Crippen molar-refractivity contribution >= 4 is 26.3 Å². The third-order valence-electron chi connectivity index (χ3n) is 8.91. The van der Waals surface area contributed by atoms with Crippen molar-refractivity contribution in [3.8, 4) is 5.75 Å². The Morgan fingerprint density at radius 3 is 2.17 bits per heavy atom. The molecule has 0 spiro atoms. The van der Waals surface area contributed by atoms with Gasteiger partial charge in [-0.1, -0.05) is 39.8 Å². The molecule has 2 N–H and O–H groups in total. The number of ether oxygens (including phenoxy) is 5. The van der Waals surface area contributed by atoms with Crippen LogP contribution in [0.2, 0.25) is 18.1 Å². The number of methoxy groups -OCH3 is 2. The van der Waals surface area contributed by atoms with E-state index in [2.05, 4.69) is 33.9 Å². The Morgan fingerprint density at radius 2 is 1.65 bits per heavy atom. The number of hydrogen-bond donors (Lipinski definition) is 2. The highest BCUT2D eigenvalue weighted by Crippen LogP contribution is 2.47. The van der Waals surface area contributed by atoms with Crippen molar-refractivity contribution in [2.45, 2.75) is 123 Å². The van der Waals surface area contributed by atoms with Gasteiger partial charge in [-0.15, -0.1) is 0 Å². The molecule has 0 radical (unpaired) electrons. The number of carbonyl (C=O) groups is 2. The highest BCUT2D eigenvalue weighted by molar-refractivity contribution is 6.74. The average molecular weight is 667 g/mol. The monoisotopic (exact) mass is 666 g/mol. The summed E-state index contributed by atoms with van der Waals surface area (Å²) in [6.45, 7) is 21.5. The fourth-order valence-corrected chi connectivity index (χ4v) is 6.46. The number of benzene rings is 1. The maximum atomic E-state index is 12.6. The van der Waals surface area contributed by atoms with Crippen molar-refractivity contribution in [2.75, 3.05) is 27.4 Å². The Balaban J connectivity index is 2.74. The van der Waals surface area contributed by atoms with Gasteiger partial charge in [-0.05, 0) is 83.8 Å². The van der Waals surface area contributed by atoms with Crippen LogP contribution in [0.4, 0.5) is 0 Å². The molecule has 46 heavy (non-hydrogen) atoms. The maximum Gasteiger partial charge on any atom is 0.337 e. The van der Waals surface area contributed by atoms with Crippen LogP contribution in [0.15, 0.2) is 24.3 Å². The topological polar surface area (TPSA) is 130 Å². The van der Waals surface area contributed by atoms with Crippen LogP contribution >= 0.6 is 0 Å². The van der Waals surface area contributed by atoms with Gasteiger partial charge in [0.25, 0.3) is 0 Å². The highest BCUT2D eigenvalue weighted by Gasteiger charge is 2.55. The van der Waals surface area contributed by atoms with Gasteiger partial charge in [0.05, 0.1) is 44.5 Å². The molecule has 0 unspecified atom stereocenters. The van der Waals surface area contributed by atoms with Crippen molar-refractivity contribution < 1.29 is 47.9 Å². The normalized spacial score (nSPS) is 21.5. The smallest absolute Gasteiger partial charge is 0.337 e. The Hall–Kier alpha value is -2.28. The number of aliphatic hydroxyl groups excluding tert-OH is 2. The highest BCUT2D eigenvalue weighted by atomic mass is 28.4. The van der Waals surface area contributed by atoms with Gasteiger partial charge in [0.1, 0.15) is 24.1 Å². The van der Waals surface area contributed by atoms with Crippen LogP contribution in [0.25, 0.3) is 6.08 Å². The summed E-state index contributed by atoms with van der Waals surface area (Å²) in [5.41, 5.74) is -0.407. The molecular weight excluding hydrogens is 608 g/mol. The van der Waals surface area contributed by atoms with Gasteiger partial charge in [0.15, 0.2) is 14.1 Å². The minimum absolute atomic E-state index is 0.170. The van der Waals surface area contributed by atoms with Gasteiger partial charge in [-0.25, -0.2) is 4.79 Å². The number of esters is 2. The minimum Gasteiger partial charge on any atom is -0.496 e. The molecule has 5 atom stereocenters. The van der Waals surface area contributed by atoms with E-state index in [0.717, 1.165) is 0 Å². The molecule has 2 rings (SSSR count). The van der Waals surface area contributed by atoms with Crippen LogP contribution in [0, 0.1) is 10.8 Å². The lowest BCUT2D eigenvalue weighted by atomic mass is 9.75. The van der Waals surface area contributed by atoms with Crippen LogP contribution in [-0.4, -0.2) is 88.1 Å². The summed E-state index contributed by atoms with van der Waals surface area (Å²) in [5, 5.41) is 20.8. The van der Waals surface area contributed by atoms with Crippen LogP contribution in [0.3, 0.4) is 0 Å². The fourth-order valence-electron chi connectivity index (χ4n) is 5.07. The number of hydrogen-bond acceptors (Lipinski definition) is 10. The van der Waals surface area contributed by atoms with Crippen molar-refractivity contribution in [3.63, 3.8) is 0 Å². The van der Waals surface area contributed by atoms with Crippen LogP contribution in [0.1, 0.15) is 91.1 Å². The second kappa shape index (κ2) is 15.3. The number of carbonyl (C=O) groups excluding carboxylic acids is 2. The van der Waals surface area contributed by atoms with Crippen molar-refractivity contribution in [2.24, 2.45) is 10.8 Å². The van der Waals surface area contributed by atoms with Crippen LogP contribution in [0.5, 0.6) is 5.75 Å². The average Bonchev–Trinajstić information content (AvgIpc) is 3.29. The molecule has 1 fully saturated rings. The van der Waals surface area contributed by atoms with E-state index in [1.807, 2.05) is 39.8 Å². The summed E-state index contributed by atoms with van der Waals surface area (Å²) >= 11 is 0. The summed E-state index contributed by atoms with van der Waals surface area (Å²) in [4.78, 5) is 24.9. The molecule has 0 aliphatic carbocycles. The van der Waals surface area contributed by atoms with Crippen molar-refractivity contribution in [1.29, 1.82) is 0 Å². The largest absolute Gasteiger partial charge is 0.496 e. The van der Waals surface area contributed by atoms with E-state index < -0.39 is 61.9 Å². The van der Waals surface area contributed by atoms with E-state index in [1.165, 1.54) is 7.11 Å². The molecule has 0 aromatic heterocycles. The van der Waals surface area contributed by atoms with E-state index in [1.54, 1.807) is 39.2 Å². The molecule has 1 aromatic carbocycles. The Labute approximate surface area is 276 Å². The Kier molecular flexibility index (Phi) is 13.3. The molecule has 0 saturated carbocycles. The second-order valence-corrected chi connectivity index (χ2v) is 20.1. The minimum atomic E-state index is -2.50. The zero-order chi connectivity index (χ0) is 35.3. The molecule has 1 heterocycles. The molecule has 1 saturated heterocycles. The van der Waals surface area contributed by atoms with Gasteiger partial charge in [-0.3, -0.25) is 4.79 Å². The third kappa shape index (κ3) is 10.1. The summed E-state index contributed by atoms with van der Waals surface area (Å²) in [7, 11) is 0.393. The first-order valence-corrected chi connectivity index (χ1v) is 18.9. The Morgan fingerprint density at radius 1 is 1.04 bits per heavy atom. The molecule has 0 amide bonds. The standard InChI is InChI=1S/C35H58O10Si/c1-32(2,3)31(39)42-20-14-18-35(9,19-17-23-21-24(30(38)41-11)15-16-26(23)40-10)29(45-46(12,13)33(4,5)6)28-27(25(37)22-36)43-34(7,8)44-28/h15-17,19,21,25,27-29,36-37H,14,18,20,22H2,1-13H3/b19-17+/t25-,27+,28-,29-,35+/m1/s1. The first-order valence-electron chi connectivity index (χ1n) is 16.0. The molecule has 1 aliphatic heterocycles. The molecule has 11 heteroatoms. The summed E-state index contributed by atoms with van der Waals surface area (Å²) < 4.78 is 36.1. The van der Waals surface area contributed by atoms with Crippen molar-refractivity contribution in [1.82, 2.24) is 0 Å². The predicted octanol–water partition coefficient (Wildman–Crippen LogP) is 6.13. The zero-order valence-electron chi connectivity index (χ0n) is 30.2. The Bertz CT molecular complexity index is 1210. The lowest BCUT2D eigenvalue weighted by Gasteiger charge is -2.47. The number of aliphatic hydroxyl groups is 2. The molecule has 262 valence electrons. The summed E-state index contributed by atoms with van der Waals surface area (Å²) in [5.74, 6) is -1.25. The van der Waals surface area contributed by atoms with Gasteiger partial charge in [0.2, 0.25) is 0 Å². The summed E-state index contributed by atoms with van der Waals surface area (Å²) in [6.07, 6.45) is 1.38. The molecule has 10 nitrogen and oxygen atoms in total.